The van der Waals surface area contributed by atoms with Crippen molar-refractivity contribution in [3.8, 4) is 0 Å². The number of likely N-dealkylation sites (N-methyl/N-ethyl adjacent to an activating group) is 1. The first-order valence-corrected chi connectivity index (χ1v) is 25.8. The van der Waals surface area contributed by atoms with Gasteiger partial charge in [-0.15, -0.1) is 0 Å². The predicted octanol–water partition coefficient (Wildman–Crippen LogP) is 14.2. The molecule has 0 N–H and O–H groups in total. The normalized spacial score (nSPS) is 14.4. The van der Waals surface area contributed by atoms with Gasteiger partial charge in [0.1, 0.15) is 19.3 Å². The van der Waals surface area contributed by atoms with E-state index in [1.165, 1.54) is 70.6 Å². The Hall–Kier alpha value is -2.32. The summed E-state index contributed by atoms with van der Waals surface area (Å²) in [5, 5.41) is 0. The molecule has 352 valence electrons. The number of nitrogens with zero attached hydrogens (tertiary/aromatic N) is 1. The highest BCUT2D eigenvalue weighted by atomic mass is 31.2. The molecule has 0 saturated heterocycles. The summed E-state index contributed by atoms with van der Waals surface area (Å²) in [5.41, 5.74) is 0. The van der Waals surface area contributed by atoms with E-state index in [-0.39, 0.29) is 25.8 Å². The van der Waals surface area contributed by atoms with Gasteiger partial charge < -0.3 is 27.9 Å². The smallest absolute Gasteiger partial charge is 0.306 e. The van der Waals surface area contributed by atoms with Gasteiger partial charge in [0.05, 0.1) is 34.4 Å². The van der Waals surface area contributed by atoms with Crippen LogP contribution >= 0.6 is 7.82 Å². The van der Waals surface area contributed by atoms with Crippen LogP contribution in [0.15, 0.2) is 85.1 Å². The van der Waals surface area contributed by atoms with Crippen molar-refractivity contribution < 1.29 is 37.3 Å². The third-order valence-corrected chi connectivity index (χ3v) is 10.9. The Morgan fingerprint density at radius 1 is 0.525 bits per heavy atom. The zero-order chi connectivity index (χ0) is 44.8. The average Bonchev–Trinajstić information content (AvgIpc) is 3.22. The first-order chi connectivity index (χ1) is 29.6. The van der Waals surface area contributed by atoms with E-state index in [1.807, 2.05) is 21.1 Å². The number of allylic oxidation sites excluding steroid dienone is 14. The van der Waals surface area contributed by atoms with Crippen LogP contribution in [0.4, 0.5) is 0 Å². The first-order valence-electron chi connectivity index (χ1n) is 24.3. The van der Waals surface area contributed by atoms with Crippen LogP contribution in [-0.2, 0) is 27.9 Å². The summed E-state index contributed by atoms with van der Waals surface area (Å²) in [6.45, 7) is 5.21. The molecule has 0 aromatic rings. The standard InChI is InChI=1S/C52H92NO7P/c1-6-8-10-12-14-16-18-20-22-24-25-26-27-28-30-32-34-36-38-40-42-44-47-57-49-51(50-59-61(55,56)58-48-46-53(3,4)5)60-52(54)45-43-41-39-37-35-33-31-29-23-21-19-17-15-13-11-9-7-2/h8,10,14-17,20-23,25-26,28,30,51H,6-7,9,11-13,18-19,24,27,29,31-50H2,1-5H3/b10-8-,16-14-,17-15-,22-20-,23-21-,26-25-,30-28-. The monoisotopic (exact) mass is 874 g/mol. The van der Waals surface area contributed by atoms with Gasteiger partial charge in [0.2, 0.25) is 0 Å². The number of phosphoric acid groups is 1. The van der Waals surface area contributed by atoms with E-state index in [0.29, 0.717) is 24.1 Å². The maximum absolute atomic E-state index is 12.7. The van der Waals surface area contributed by atoms with Gasteiger partial charge in [0.25, 0.3) is 7.82 Å². The number of quaternary nitrogens is 1. The Balaban J connectivity index is 4.24. The van der Waals surface area contributed by atoms with Crippen molar-refractivity contribution in [3.63, 3.8) is 0 Å². The summed E-state index contributed by atoms with van der Waals surface area (Å²) in [7, 11) is 1.33. The second-order valence-electron chi connectivity index (χ2n) is 17.1. The Morgan fingerprint density at radius 2 is 0.951 bits per heavy atom. The molecule has 8 nitrogen and oxygen atoms in total. The molecule has 0 aliphatic carbocycles. The highest BCUT2D eigenvalue weighted by Gasteiger charge is 2.20. The number of carbonyl (C=O) groups is 1. The van der Waals surface area contributed by atoms with Gasteiger partial charge in [0, 0.05) is 13.0 Å². The molecule has 0 aliphatic rings. The average molecular weight is 874 g/mol. The fourth-order valence-electron chi connectivity index (χ4n) is 6.19. The van der Waals surface area contributed by atoms with Gasteiger partial charge in [-0.1, -0.05) is 170 Å². The fraction of sp³-hybridized carbons (Fsp3) is 0.712. The number of hydrogen-bond donors (Lipinski definition) is 0. The lowest BCUT2D eigenvalue weighted by Crippen LogP contribution is -2.37. The minimum absolute atomic E-state index is 0.0167. The van der Waals surface area contributed by atoms with Crippen molar-refractivity contribution in [3.05, 3.63) is 85.1 Å². The molecular formula is C52H92NO7P. The van der Waals surface area contributed by atoms with Gasteiger partial charge in [0.15, 0.2) is 0 Å². The van der Waals surface area contributed by atoms with Crippen LogP contribution < -0.4 is 4.89 Å². The molecule has 0 aromatic carbocycles. The van der Waals surface area contributed by atoms with Crippen LogP contribution in [-0.4, -0.2) is 70.7 Å². The molecule has 0 spiro atoms. The van der Waals surface area contributed by atoms with E-state index in [9.17, 15) is 14.3 Å². The largest absolute Gasteiger partial charge is 0.756 e. The van der Waals surface area contributed by atoms with Gasteiger partial charge in [-0.3, -0.25) is 9.36 Å². The molecule has 2 atom stereocenters. The molecule has 0 radical (unpaired) electrons. The number of esters is 1. The Morgan fingerprint density at radius 3 is 1.43 bits per heavy atom. The fourth-order valence-corrected chi connectivity index (χ4v) is 6.92. The first kappa shape index (κ1) is 58.7. The number of carbonyl (C=O) groups excluding carboxylic acids is 1. The zero-order valence-electron chi connectivity index (χ0n) is 39.8. The molecule has 0 aromatic heterocycles. The maximum Gasteiger partial charge on any atom is 0.306 e. The van der Waals surface area contributed by atoms with Crippen molar-refractivity contribution in [1.82, 2.24) is 0 Å². The minimum Gasteiger partial charge on any atom is -0.756 e. The molecule has 0 aliphatic heterocycles. The topological polar surface area (TPSA) is 94.1 Å². The van der Waals surface area contributed by atoms with E-state index in [1.54, 1.807) is 0 Å². The molecular weight excluding hydrogens is 782 g/mol. The maximum atomic E-state index is 12.7. The van der Waals surface area contributed by atoms with Gasteiger partial charge in [-0.2, -0.15) is 0 Å². The van der Waals surface area contributed by atoms with Crippen molar-refractivity contribution in [2.75, 3.05) is 54.1 Å². The molecule has 61 heavy (non-hydrogen) atoms. The Labute approximate surface area is 375 Å². The van der Waals surface area contributed by atoms with Gasteiger partial charge in [-0.05, 0) is 89.9 Å². The van der Waals surface area contributed by atoms with E-state index >= 15 is 0 Å². The van der Waals surface area contributed by atoms with Crippen molar-refractivity contribution in [1.29, 1.82) is 0 Å². The second kappa shape index (κ2) is 44.3. The van der Waals surface area contributed by atoms with Crippen molar-refractivity contribution in [2.24, 2.45) is 0 Å². The Bertz CT molecular complexity index is 1250. The zero-order valence-corrected chi connectivity index (χ0v) is 40.7. The minimum atomic E-state index is -4.54. The van der Waals surface area contributed by atoms with E-state index in [2.05, 4.69) is 98.9 Å². The third-order valence-electron chi connectivity index (χ3n) is 9.93. The van der Waals surface area contributed by atoms with Crippen LogP contribution in [0.25, 0.3) is 0 Å². The third kappa shape index (κ3) is 48.6. The lowest BCUT2D eigenvalue weighted by Gasteiger charge is -2.28. The predicted molar refractivity (Wildman–Crippen MR) is 258 cm³/mol. The summed E-state index contributed by atoms with van der Waals surface area (Å²) >= 11 is 0. The summed E-state index contributed by atoms with van der Waals surface area (Å²) in [5.74, 6) is -0.351. The summed E-state index contributed by atoms with van der Waals surface area (Å²) < 4.78 is 34.7. The lowest BCUT2D eigenvalue weighted by atomic mass is 10.1. The van der Waals surface area contributed by atoms with E-state index < -0.39 is 13.9 Å². The summed E-state index contributed by atoms with van der Waals surface area (Å²) in [6, 6.07) is 0. The molecule has 2 unspecified atom stereocenters. The molecule has 0 heterocycles. The number of unbranched alkanes of at least 4 members (excludes halogenated alkanes) is 16. The van der Waals surface area contributed by atoms with Gasteiger partial charge in [-0.25, -0.2) is 0 Å². The van der Waals surface area contributed by atoms with Crippen LogP contribution in [0.2, 0.25) is 0 Å². The van der Waals surface area contributed by atoms with E-state index in [4.69, 9.17) is 18.5 Å². The SMILES string of the molecule is CC/C=C\C/C=C\C/C=C\C/C=C\C/C=C\CCCCCCCCOCC(COP(=O)([O-])OCC[N+](C)(C)C)OC(=O)CCCCCCCCC/C=C\C/C=C\CCCCC. The Kier molecular flexibility index (Phi) is 42.6. The van der Waals surface area contributed by atoms with E-state index in [0.717, 1.165) is 89.9 Å². The quantitative estimate of drug-likeness (QED) is 0.0198. The highest BCUT2D eigenvalue weighted by Crippen LogP contribution is 2.38. The molecule has 0 amide bonds. The van der Waals surface area contributed by atoms with Crippen LogP contribution in [0, 0.1) is 0 Å². The molecule has 9 heteroatoms. The van der Waals surface area contributed by atoms with Crippen molar-refractivity contribution in [2.45, 2.75) is 187 Å². The number of ether oxygens (including phenoxy) is 2. The molecule has 0 fully saturated rings. The summed E-state index contributed by atoms with van der Waals surface area (Å²) in [6.07, 6.45) is 58.8. The highest BCUT2D eigenvalue weighted by molar-refractivity contribution is 7.45. The molecule has 0 bridgehead atoms. The lowest BCUT2D eigenvalue weighted by molar-refractivity contribution is -0.870. The number of rotatable bonds is 44. The van der Waals surface area contributed by atoms with Crippen LogP contribution in [0.5, 0.6) is 0 Å². The molecule has 0 saturated carbocycles. The van der Waals surface area contributed by atoms with Crippen LogP contribution in [0.3, 0.4) is 0 Å². The van der Waals surface area contributed by atoms with Crippen LogP contribution in [0.1, 0.15) is 181 Å². The van der Waals surface area contributed by atoms with Crippen molar-refractivity contribution >= 4 is 13.8 Å². The summed E-state index contributed by atoms with van der Waals surface area (Å²) in [4.78, 5) is 25.1. The van der Waals surface area contributed by atoms with Gasteiger partial charge >= 0.3 is 5.97 Å². The second-order valence-corrected chi connectivity index (χ2v) is 18.5. The number of hydrogen-bond acceptors (Lipinski definition) is 7. The molecule has 0 rings (SSSR count). The number of phosphoric ester groups is 1.